The van der Waals surface area contributed by atoms with E-state index in [4.69, 9.17) is 4.42 Å². The minimum atomic E-state index is 0.281. The van der Waals surface area contributed by atoms with Crippen LogP contribution in [0.25, 0.3) is 34.1 Å². The molecule has 0 saturated carbocycles. The van der Waals surface area contributed by atoms with E-state index in [0.717, 1.165) is 41.9 Å². The number of allylic oxidation sites excluding steroid dienone is 1. The lowest BCUT2D eigenvalue weighted by Gasteiger charge is -2.15. The Morgan fingerprint density at radius 3 is 2.10 bits per heavy atom. The van der Waals surface area contributed by atoms with Crippen molar-refractivity contribution < 1.29 is 9.52 Å². The largest absolute Gasteiger partial charge is 0.508 e. The van der Waals surface area contributed by atoms with Crippen LogP contribution in [0, 0.1) is 0 Å². The van der Waals surface area contributed by atoms with Gasteiger partial charge >= 0.3 is 11.5 Å². The normalized spacial score (nSPS) is 14.5. The predicted molar refractivity (Wildman–Crippen MR) is 123 cm³/mol. The van der Waals surface area contributed by atoms with Gasteiger partial charge in [0.25, 0.3) is 0 Å². The quantitative estimate of drug-likeness (QED) is 0.367. The lowest BCUT2D eigenvalue weighted by molar-refractivity contribution is 0.475. The summed E-state index contributed by atoms with van der Waals surface area (Å²) < 4.78 is 6.54. The number of hydrogen-bond acceptors (Lipinski definition) is 1. The van der Waals surface area contributed by atoms with Crippen LogP contribution in [0.1, 0.15) is 29.7 Å². The molecule has 0 saturated heterocycles. The van der Waals surface area contributed by atoms with Crippen molar-refractivity contribution in [3.63, 3.8) is 0 Å². The molecular weight excluding hydrogens is 368 g/mol. The smallest absolute Gasteiger partial charge is 0.361 e. The summed E-state index contributed by atoms with van der Waals surface area (Å²) in [6, 6.07) is 30.4. The molecule has 2 heteroatoms. The average Bonchev–Trinajstić information content (AvgIpc) is 2.81. The molecule has 1 N–H and O–H groups in total. The highest BCUT2D eigenvalue weighted by Gasteiger charge is 2.31. The Bertz CT molecular complexity index is 1190. The zero-order chi connectivity index (χ0) is 20.3. The number of phenols is 1. The predicted octanol–water partition coefficient (Wildman–Crippen LogP) is 7.48. The molecule has 1 aliphatic carbocycles. The van der Waals surface area contributed by atoms with E-state index in [1.54, 1.807) is 12.1 Å². The van der Waals surface area contributed by atoms with Crippen molar-refractivity contribution >= 4 is 11.6 Å². The molecule has 0 spiro atoms. The highest BCUT2D eigenvalue weighted by molar-refractivity contribution is 5.86. The lowest BCUT2D eigenvalue weighted by Crippen LogP contribution is -2.05. The van der Waals surface area contributed by atoms with Crippen molar-refractivity contribution in [2.24, 2.45) is 0 Å². The van der Waals surface area contributed by atoms with Crippen LogP contribution < -0.4 is 0 Å². The first-order valence-corrected chi connectivity index (χ1v) is 10.4. The van der Waals surface area contributed by atoms with Crippen LogP contribution in [-0.2, 0) is 6.42 Å². The van der Waals surface area contributed by atoms with Gasteiger partial charge < -0.3 is 5.11 Å². The molecule has 1 heterocycles. The van der Waals surface area contributed by atoms with Gasteiger partial charge in [0.1, 0.15) is 5.75 Å². The number of hydrogen-bond donors (Lipinski definition) is 1. The Labute approximate surface area is 176 Å². The number of benzene rings is 3. The van der Waals surface area contributed by atoms with Gasteiger partial charge in [-0.25, -0.2) is 4.42 Å². The molecule has 3 aromatic carbocycles. The van der Waals surface area contributed by atoms with Gasteiger partial charge in [-0.3, -0.25) is 0 Å². The third-order valence-corrected chi connectivity index (χ3v) is 5.63. The van der Waals surface area contributed by atoms with Gasteiger partial charge in [0.2, 0.25) is 0 Å². The average molecular weight is 391 g/mol. The third-order valence-electron chi connectivity index (χ3n) is 5.63. The van der Waals surface area contributed by atoms with Crippen LogP contribution in [0.4, 0.5) is 0 Å². The molecule has 5 rings (SSSR count). The second kappa shape index (κ2) is 8.00. The van der Waals surface area contributed by atoms with E-state index in [2.05, 4.69) is 54.6 Å². The number of rotatable bonds is 3. The molecule has 0 unspecified atom stereocenters. The van der Waals surface area contributed by atoms with Gasteiger partial charge in [0, 0.05) is 5.56 Å². The van der Waals surface area contributed by atoms with Gasteiger partial charge in [-0.2, -0.15) is 0 Å². The number of phenolic OH excluding ortho intramolecular Hbond substituents is 1. The minimum Gasteiger partial charge on any atom is -0.508 e. The van der Waals surface area contributed by atoms with Gasteiger partial charge in [0.05, 0.1) is 22.8 Å². The van der Waals surface area contributed by atoms with E-state index in [-0.39, 0.29) is 5.75 Å². The van der Waals surface area contributed by atoms with E-state index in [0.29, 0.717) is 0 Å². The number of aromatic hydroxyl groups is 1. The van der Waals surface area contributed by atoms with Crippen molar-refractivity contribution in [2.75, 3.05) is 0 Å². The highest BCUT2D eigenvalue weighted by Crippen LogP contribution is 2.41. The van der Waals surface area contributed by atoms with E-state index in [9.17, 15) is 5.11 Å². The summed E-state index contributed by atoms with van der Waals surface area (Å²) in [6.07, 6.45) is 5.26. The van der Waals surface area contributed by atoms with Crippen molar-refractivity contribution in [3.8, 4) is 28.2 Å². The Morgan fingerprint density at radius 2 is 1.40 bits per heavy atom. The molecule has 4 aromatic rings. The van der Waals surface area contributed by atoms with Crippen LogP contribution >= 0.6 is 0 Å². The molecule has 0 bridgehead atoms. The third kappa shape index (κ3) is 3.65. The van der Waals surface area contributed by atoms with Gasteiger partial charge in [-0.1, -0.05) is 60.7 Å². The fourth-order valence-electron chi connectivity index (χ4n) is 4.15. The van der Waals surface area contributed by atoms with E-state index >= 15 is 0 Å². The second-order valence-electron chi connectivity index (χ2n) is 7.68. The molecule has 0 atom stereocenters. The van der Waals surface area contributed by atoms with E-state index in [1.165, 1.54) is 22.3 Å². The molecule has 30 heavy (non-hydrogen) atoms. The summed E-state index contributed by atoms with van der Waals surface area (Å²) in [6.45, 7) is 0. The Hall–Kier alpha value is -3.65. The summed E-state index contributed by atoms with van der Waals surface area (Å²) >= 11 is 0. The Kier molecular flexibility index (Phi) is 4.90. The Balaban J connectivity index is 1.71. The zero-order valence-corrected chi connectivity index (χ0v) is 16.7. The molecule has 146 valence electrons. The maximum atomic E-state index is 9.61. The number of fused-ring (bicyclic) bond motifs is 1. The molecule has 0 radical (unpaired) electrons. The zero-order valence-electron chi connectivity index (χ0n) is 16.7. The molecule has 0 aliphatic heterocycles. The van der Waals surface area contributed by atoms with Gasteiger partial charge in [-0.15, -0.1) is 0 Å². The van der Waals surface area contributed by atoms with E-state index in [1.807, 2.05) is 30.3 Å². The molecule has 0 amide bonds. The lowest BCUT2D eigenvalue weighted by atomic mass is 9.86. The highest BCUT2D eigenvalue weighted by atomic mass is 16.3. The van der Waals surface area contributed by atoms with Crippen molar-refractivity contribution in [1.29, 1.82) is 0 Å². The van der Waals surface area contributed by atoms with Crippen LogP contribution in [0.5, 0.6) is 5.75 Å². The summed E-state index contributed by atoms with van der Waals surface area (Å²) in [5.41, 5.74) is 7.08. The first-order valence-electron chi connectivity index (χ1n) is 10.4. The van der Waals surface area contributed by atoms with E-state index < -0.39 is 0 Å². The molecule has 1 aromatic heterocycles. The van der Waals surface area contributed by atoms with Crippen LogP contribution in [-0.4, -0.2) is 5.11 Å². The van der Waals surface area contributed by atoms with Gasteiger partial charge in [0.15, 0.2) is 0 Å². The van der Waals surface area contributed by atoms with Gasteiger partial charge in [-0.05, 0) is 60.7 Å². The standard InChI is InChI=1S/C28H22O2/c29-24-16-14-20(15-17-24)18-23-12-7-13-25-26(21-8-3-1-4-9-21)19-27(30-28(23)25)22-10-5-2-6-11-22/h1-6,8-11,14-19H,7,12-13H2/p+1/b23-18+. The summed E-state index contributed by atoms with van der Waals surface area (Å²) in [5.74, 6) is 2.14. The SMILES string of the molecule is Oc1ccc(/C=C2\CCCc3c(-c4ccccc4)cc(-c4ccccc4)[o+]c32)cc1. The maximum Gasteiger partial charge on any atom is 0.361 e. The van der Waals surface area contributed by atoms with Crippen molar-refractivity contribution in [3.05, 3.63) is 108 Å². The molecule has 1 aliphatic rings. The summed E-state index contributed by atoms with van der Waals surface area (Å²) in [7, 11) is 0. The first kappa shape index (κ1) is 18.4. The summed E-state index contributed by atoms with van der Waals surface area (Å²) in [4.78, 5) is 0. The fraction of sp³-hybridized carbons (Fsp3) is 0.107. The van der Waals surface area contributed by atoms with Crippen LogP contribution in [0.2, 0.25) is 0 Å². The first-order chi connectivity index (χ1) is 14.8. The maximum absolute atomic E-state index is 9.61. The van der Waals surface area contributed by atoms with Crippen LogP contribution in [0.15, 0.2) is 95.4 Å². The van der Waals surface area contributed by atoms with Crippen molar-refractivity contribution in [2.45, 2.75) is 19.3 Å². The fourth-order valence-corrected chi connectivity index (χ4v) is 4.15. The molecule has 2 nitrogen and oxygen atoms in total. The molecular formula is C28H23O2+. The monoisotopic (exact) mass is 391 g/mol. The minimum absolute atomic E-state index is 0.281. The topological polar surface area (TPSA) is 31.5 Å². The molecule has 0 fully saturated rings. The van der Waals surface area contributed by atoms with Crippen LogP contribution in [0.3, 0.4) is 0 Å². The Morgan fingerprint density at radius 1 is 0.733 bits per heavy atom. The second-order valence-corrected chi connectivity index (χ2v) is 7.68. The van der Waals surface area contributed by atoms with Crippen molar-refractivity contribution in [1.82, 2.24) is 0 Å². The summed E-state index contributed by atoms with van der Waals surface area (Å²) in [5, 5.41) is 9.61.